The molecule has 0 spiro atoms. The summed E-state index contributed by atoms with van der Waals surface area (Å²) in [5, 5.41) is 11.8. The second-order valence-electron chi connectivity index (χ2n) is 7.20. The molecule has 2 N–H and O–H groups in total. The van der Waals surface area contributed by atoms with E-state index in [0.717, 1.165) is 36.8 Å². The number of carbonyl (C=O) groups is 1. The lowest BCUT2D eigenvalue weighted by atomic mass is 9.84. The van der Waals surface area contributed by atoms with E-state index in [-0.39, 0.29) is 18.5 Å². The van der Waals surface area contributed by atoms with Crippen molar-refractivity contribution in [3.8, 4) is 5.88 Å². The summed E-state index contributed by atoms with van der Waals surface area (Å²) < 4.78 is 19.6. The van der Waals surface area contributed by atoms with Crippen LogP contribution in [0.3, 0.4) is 0 Å². The topological polar surface area (TPSA) is 71.5 Å². The highest BCUT2D eigenvalue weighted by Gasteiger charge is 2.26. The van der Waals surface area contributed by atoms with Crippen LogP contribution in [0.1, 0.15) is 43.2 Å². The van der Waals surface area contributed by atoms with Gasteiger partial charge in [0.15, 0.2) is 0 Å². The Balaban J connectivity index is 1.62. The molecule has 150 valence electrons. The van der Waals surface area contributed by atoms with E-state index in [4.69, 9.17) is 9.84 Å². The smallest absolute Gasteiger partial charge is 0.405 e. The van der Waals surface area contributed by atoms with Crippen molar-refractivity contribution in [1.29, 1.82) is 0 Å². The van der Waals surface area contributed by atoms with Crippen molar-refractivity contribution in [2.45, 2.75) is 44.6 Å². The Morgan fingerprint density at radius 2 is 1.96 bits per heavy atom. The molecule has 28 heavy (non-hydrogen) atoms. The van der Waals surface area contributed by atoms with Crippen LogP contribution >= 0.6 is 15.9 Å². The minimum Gasteiger partial charge on any atom is -0.475 e. The molecule has 1 aliphatic carbocycles. The highest BCUT2D eigenvalue weighted by atomic mass is 79.9. The lowest BCUT2D eigenvalue weighted by molar-refractivity contribution is 0.153. The van der Waals surface area contributed by atoms with Crippen molar-refractivity contribution < 1.29 is 19.0 Å². The number of aromatic nitrogens is 1. The molecule has 7 heteroatoms. The molecule has 3 rings (SSSR count). The van der Waals surface area contributed by atoms with Gasteiger partial charge in [0.1, 0.15) is 12.4 Å². The highest BCUT2D eigenvalue weighted by molar-refractivity contribution is 9.10. The standard InChI is InChI=1S/C21H24BrFN2O3/c22-18-11-15(10-14-6-8-17(23)9-7-14)12-24-20(18)28-13-19(25-21(26)27)16-4-2-1-3-5-16/h6-9,11-12,16,19,25H,1-5,10,13H2,(H,26,27). The van der Waals surface area contributed by atoms with Gasteiger partial charge >= 0.3 is 6.09 Å². The van der Waals surface area contributed by atoms with E-state index < -0.39 is 6.09 Å². The lowest BCUT2D eigenvalue weighted by Gasteiger charge is -2.29. The second-order valence-corrected chi connectivity index (χ2v) is 8.05. The molecule has 1 fully saturated rings. The third kappa shape index (κ3) is 5.92. The van der Waals surface area contributed by atoms with Gasteiger partial charge in [-0.3, -0.25) is 0 Å². The first-order valence-corrected chi connectivity index (χ1v) is 10.3. The molecule has 0 aliphatic heterocycles. The summed E-state index contributed by atoms with van der Waals surface area (Å²) in [6, 6.07) is 8.06. The molecule has 1 unspecified atom stereocenters. The lowest BCUT2D eigenvalue weighted by Crippen LogP contribution is -2.44. The van der Waals surface area contributed by atoms with Gasteiger partial charge in [0, 0.05) is 6.20 Å². The first kappa shape index (κ1) is 20.6. The summed E-state index contributed by atoms with van der Waals surface area (Å²) in [4.78, 5) is 15.5. The number of ether oxygens (including phenoxy) is 1. The van der Waals surface area contributed by atoms with Gasteiger partial charge in [-0.15, -0.1) is 0 Å². The van der Waals surface area contributed by atoms with Crippen LogP contribution < -0.4 is 10.1 Å². The fraction of sp³-hybridized carbons (Fsp3) is 0.429. The van der Waals surface area contributed by atoms with E-state index in [1.54, 1.807) is 18.3 Å². The van der Waals surface area contributed by atoms with Crippen LogP contribution in [0.4, 0.5) is 9.18 Å². The van der Waals surface area contributed by atoms with Crippen molar-refractivity contribution >= 4 is 22.0 Å². The van der Waals surface area contributed by atoms with Crippen molar-refractivity contribution in [1.82, 2.24) is 10.3 Å². The van der Waals surface area contributed by atoms with Gasteiger partial charge < -0.3 is 15.2 Å². The van der Waals surface area contributed by atoms with Crippen molar-refractivity contribution in [2.75, 3.05) is 6.61 Å². The summed E-state index contributed by atoms with van der Waals surface area (Å²) in [5.74, 6) is 0.478. The zero-order valence-corrected chi connectivity index (χ0v) is 17.1. The number of hydrogen-bond donors (Lipinski definition) is 2. The summed E-state index contributed by atoms with van der Waals surface area (Å²) in [5.41, 5.74) is 1.96. The van der Waals surface area contributed by atoms with E-state index in [1.807, 2.05) is 6.07 Å². The van der Waals surface area contributed by atoms with E-state index in [9.17, 15) is 9.18 Å². The van der Waals surface area contributed by atoms with Crippen LogP contribution in [-0.4, -0.2) is 28.8 Å². The van der Waals surface area contributed by atoms with E-state index in [2.05, 4.69) is 26.2 Å². The first-order chi connectivity index (χ1) is 13.5. The van der Waals surface area contributed by atoms with Gasteiger partial charge in [0.25, 0.3) is 0 Å². The third-order valence-electron chi connectivity index (χ3n) is 5.11. The molecule has 1 aromatic heterocycles. The van der Waals surface area contributed by atoms with Crippen LogP contribution in [0.2, 0.25) is 0 Å². The Labute approximate surface area is 172 Å². The number of halogens is 2. The molecule has 1 amide bonds. The van der Waals surface area contributed by atoms with Crippen molar-refractivity contribution in [2.24, 2.45) is 5.92 Å². The molecular formula is C21H24BrFN2O3. The molecule has 1 saturated carbocycles. The second kappa shape index (κ2) is 9.87. The normalized spacial score (nSPS) is 15.8. The van der Waals surface area contributed by atoms with Gasteiger partial charge in [-0.1, -0.05) is 31.4 Å². The Bertz CT molecular complexity index is 795. The fourth-order valence-corrected chi connectivity index (χ4v) is 4.18. The molecule has 5 nitrogen and oxygen atoms in total. The molecule has 2 aromatic rings. The number of rotatable bonds is 7. The molecule has 0 radical (unpaired) electrons. The summed E-state index contributed by atoms with van der Waals surface area (Å²) in [6.07, 6.45) is 6.83. The van der Waals surface area contributed by atoms with E-state index in [0.29, 0.717) is 22.7 Å². The zero-order chi connectivity index (χ0) is 19.9. The highest BCUT2D eigenvalue weighted by Crippen LogP contribution is 2.28. The fourth-order valence-electron chi connectivity index (χ4n) is 3.67. The number of amides is 1. The summed E-state index contributed by atoms with van der Waals surface area (Å²) in [6.45, 7) is 0.250. The number of carboxylic acid groups (broad SMARTS) is 1. The number of pyridine rings is 1. The molecular weight excluding hydrogens is 427 g/mol. The largest absolute Gasteiger partial charge is 0.475 e. The van der Waals surface area contributed by atoms with E-state index in [1.165, 1.54) is 18.6 Å². The van der Waals surface area contributed by atoms with E-state index >= 15 is 0 Å². The number of benzene rings is 1. The maximum atomic E-state index is 13.0. The van der Waals surface area contributed by atoms with Crippen LogP contribution in [-0.2, 0) is 6.42 Å². The van der Waals surface area contributed by atoms with Gasteiger partial charge in [-0.05, 0) is 70.4 Å². The molecule has 1 aliphatic rings. The van der Waals surface area contributed by atoms with Gasteiger partial charge in [-0.2, -0.15) is 0 Å². The van der Waals surface area contributed by atoms with Gasteiger partial charge in [0.2, 0.25) is 5.88 Å². The minimum atomic E-state index is -1.03. The Morgan fingerprint density at radius 1 is 1.25 bits per heavy atom. The molecule has 0 bridgehead atoms. The zero-order valence-electron chi connectivity index (χ0n) is 15.5. The first-order valence-electron chi connectivity index (χ1n) is 9.52. The maximum absolute atomic E-state index is 13.0. The monoisotopic (exact) mass is 450 g/mol. The number of nitrogens with zero attached hydrogens (tertiary/aromatic N) is 1. The molecule has 0 saturated heterocycles. The Hall–Kier alpha value is -2.15. The predicted molar refractivity (Wildman–Crippen MR) is 108 cm³/mol. The molecule has 1 heterocycles. The van der Waals surface area contributed by atoms with Crippen LogP contribution in [0.25, 0.3) is 0 Å². The Kier molecular flexibility index (Phi) is 7.25. The quantitative estimate of drug-likeness (QED) is 0.610. The molecule has 1 atom stereocenters. The summed E-state index contributed by atoms with van der Waals surface area (Å²) >= 11 is 3.48. The summed E-state index contributed by atoms with van der Waals surface area (Å²) in [7, 11) is 0. The van der Waals surface area contributed by atoms with Crippen molar-refractivity contribution in [3.05, 3.63) is 57.9 Å². The van der Waals surface area contributed by atoms with Gasteiger partial charge in [-0.25, -0.2) is 14.2 Å². The number of nitrogens with one attached hydrogen (secondary N) is 1. The minimum absolute atomic E-state index is 0.245. The SMILES string of the molecule is O=C(O)NC(COc1ncc(Cc2ccc(F)cc2)cc1Br)C1CCCCC1. The average Bonchev–Trinajstić information content (AvgIpc) is 2.68. The molecule has 1 aromatic carbocycles. The van der Waals surface area contributed by atoms with Crippen molar-refractivity contribution in [3.63, 3.8) is 0 Å². The van der Waals surface area contributed by atoms with Gasteiger partial charge in [0.05, 0.1) is 10.5 Å². The maximum Gasteiger partial charge on any atom is 0.405 e. The van der Waals surface area contributed by atoms with Crippen LogP contribution in [0.5, 0.6) is 5.88 Å². The predicted octanol–water partition coefficient (Wildman–Crippen LogP) is 5.17. The average molecular weight is 451 g/mol. The van der Waals surface area contributed by atoms with Crippen LogP contribution in [0, 0.1) is 11.7 Å². The Morgan fingerprint density at radius 3 is 2.61 bits per heavy atom. The third-order valence-corrected chi connectivity index (χ3v) is 5.68. The number of hydrogen-bond acceptors (Lipinski definition) is 3. The van der Waals surface area contributed by atoms with Crippen LogP contribution in [0.15, 0.2) is 41.0 Å².